The topological polar surface area (TPSA) is 122 Å². The Hall–Kier alpha value is -1.47. The molecule has 4 unspecified atom stereocenters. The first-order valence-electron chi connectivity index (χ1n) is 6.73. The fourth-order valence-corrected chi connectivity index (χ4v) is 1.85. The minimum absolute atomic E-state index is 0.0933. The van der Waals surface area contributed by atoms with Gasteiger partial charge < -0.3 is 20.7 Å². The lowest BCUT2D eigenvalue weighted by Crippen LogP contribution is -2.36. The van der Waals surface area contributed by atoms with Crippen molar-refractivity contribution in [3.63, 3.8) is 0 Å². The van der Waals surface area contributed by atoms with Gasteiger partial charge in [0.1, 0.15) is 12.6 Å². The summed E-state index contributed by atoms with van der Waals surface area (Å²) in [5, 5.41) is 17.7. The number of Topliss-reactive ketones (excluding diaryl/α,β-unsaturated/α-hetero) is 1. The first kappa shape index (κ1) is 16.6. The molecule has 4 N–H and O–H groups in total. The minimum Gasteiger partial charge on any atom is -0.481 e. The summed E-state index contributed by atoms with van der Waals surface area (Å²) < 4.78 is 5.34. The van der Waals surface area contributed by atoms with Gasteiger partial charge in [-0.3, -0.25) is 9.59 Å². The van der Waals surface area contributed by atoms with Crippen molar-refractivity contribution in [1.29, 1.82) is 0 Å². The van der Waals surface area contributed by atoms with Crippen molar-refractivity contribution in [2.45, 2.75) is 38.8 Å². The maximum Gasteiger partial charge on any atom is 0.309 e. The Kier molecular flexibility index (Phi) is 6.09. The van der Waals surface area contributed by atoms with Gasteiger partial charge in [-0.05, 0) is 5.92 Å². The molecule has 0 bridgehead atoms. The van der Waals surface area contributed by atoms with Crippen molar-refractivity contribution in [3.05, 3.63) is 0 Å². The van der Waals surface area contributed by atoms with Gasteiger partial charge in [0.05, 0.1) is 18.6 Å². The van der Waals surface area contributed by atoms with Crippen LogP contribution in [0.1, 0.15) is 26.7 Å². The Labute approximate surface area is 117 Å². The second-order valence-corrected chi connectivity index (χ2v) is 5.09. The van der Waals surface area contributed by atoms with Crippen molar-refractivity contribution in [3.8, 4) is 0 Å². The van der Waals surface area contributed by atoms with Crippen molar-refractivity contribution < 1.29 is 24.5 Å². The summed E-state index contributed by atoms with van der Waals surface area (Å²) in [6.07, 6.45) is 0.614. The molecule has 1 rings (SSSR count). The van der Waals surface area contributed by atoms with Crippen LogP contribution in [-0.2, 0) is 14.3 Å². The molecule has 1 heterocycles. The molecular weight excluding hydrogens is 264 g/mol. The first-order valence-corrected chi connectivity index (χ1v) is 6.73. The number of aliphatic carboxylic acids is 1. The summed E-state index contributed by atoms with van der Waals surface area (Å²) in [6, 6.07) is -1.07. The van der Waals surface area contributed by atoms with Crippen LogP contribution in [0.3, 0.4) is 0 Å². The Morgan fingerprint density at radius 3 is 2.70 bits per heavy atom. The van der Waals surface area contributed by atoms with Crippen LogP contribution in [0.25, 0.3) is 0 Å². The molecule has 20 heavy (non-hydrogen) atoms. The van der Waals surface area contributed by atoms with Gasteiger partial charge in [0, 0.05) is 6.42 Å². The maximum atomic E-state index is 11.9. The van der Waals surface area contributed by atoms with Gasteiger partial charge in [0.25, 0.3) is 0 Å². The number of ketones is 1. The summed E-state index contributed by atoms with van der Waals surface area (Å²) in [4.78, 5) is 26.9. The predicted molar refractivity (Wildman–Crippen MR) is 72.4 cm³/mol. The van der Waals surface area contributed by atoms with Crippen LogP contribution in [0.5, 0.6) is 0 Å². The molecule has 1 aliphatic heterocycles. The molecule has 0 saturated carbocycles. The van der Waals surface area contributed by atoms with Crippen LogP contribution in [0.4, 0.5) is 0 Å². The molecule has 4 atom stereocenters. The Morgan fingerprint density at radius 2 is 2.20 bits per heavy atom. The average molecular weight is 286 g/mol. The summed E-state index contributed by atoms with van der Waals surface area (Å²) in [6.45, 7) is 3.49. The van der Waals surface area contributed by atoms with Gasteiger partial charge in [-0.15, -0.1) is 0 Å². The molecule has 0 aromatic heterocycles. The highest BCUT2D eigenvalue weighted by atomic mass is 16.5. The second-order valence-electron chi connectivity index (χ2n) is 5.09. The van der Waals surface area contributed by atoms with Gasteiger partial charge in [-0.1, -0.05) is 20.3 Å². The smallest absolute Gasteiger partial charge is 0.309 e. The Balaban J connectivity index is 2.64. The lowest BCUT2D eigenvalue weighted by atomic mass is 9.99. The van der Waals surface area contributed by atoms with E-state index in [0.717, 1.165) is 6.42 Å². The van der Waals surface area contributed by atoms with Gasteiger partial charge in [0.15, 0.2) is 5.78 Å². The van der Waals surface area contributed by atoms with Crippen LogP contribution in [0.2, 0.25) is 0 Å². The summed E-state index contributed by atoms with van der Waals surface area (Å²) in [7, 11) is 0. The Morgan fingerprint density at radius 1 is 1.55 bits per heavy atom. The van der Waals surface area contributed by atoms with Crippen LogP contribution in [0, 0.1) is 11.8 Å². The van der Waals surface area contributed by atoms with Crippen LogP contribution >= 0.6 is 0 Å². The number of hydrogen-bond donors (Lipinski definition) is 3. The lowest BCUT2D eigenvalue weighted by molar-refractivity contribution is -0.145. The van der Waals surface area contributed by atoms with Crippen molar-refractivity contribution in [1.82, 2.24) is 0 Å². The number of rotatable bonds is 8. The van der Waals surface area contributed by atoms with E-state index in [-0.39, 0.29) is 30.8 Å². The number of carboxylic acids is 1. The molecule has 0 spiro atoms. The number of carbonyl (C=O) groups is 2. The standard InChI is InChI=1S/C13H22N2O5/c1-3-7(2)11(14)12-15-9(6-20-12)10(17)4-8(5-16)13(18)19/h7-9,11,16H,3-6,14H2,1-2H3,(H,18,19). The van der Waals surface area contributed by atoms with Crippen LogP contribution in [0.15, 0.2) is 4.99 Å². The maximum absolute atomic E-state index is 11.9. The normalized spacial score (nSPS) is 22.6. The third kappa shape index (κ3) is 4.01. The molecule has 0 amide bonds. The van der Waals surface area contributed by atoms with E-state index in [0.29, 0.717) is 5.90 Å². The third-order valence-corrected chi connectivity index (χ3v) is 3.60. The minimum atomic E-state index is -1.19. The third-order valence-electron chi connectivity index (χ3n) is 3.60. The molecule has 0 saturated heterocycles. The summed E-state index contributed by atoms with van der Waals surface area (Å²) in [5.74, 6) is -2.09. The van der Waals surface area contributed by atoms with E-state index >= 15 is 0 Å². The highest BCUT2D eigenvalue weighted by Crippen LogP contribution is 2.16. The second kappa shape index (κ2) is 7.35. The molecule has 0 radical (unpaired) electrons. The monoisotopic (exact) mass is 286 g/mol. The number of ether oxygens (including phenoxy) is 1. The number of nitrogens with two attached hydrogens (primary N) is 1. The first-order chi connectivity index (χ1) is 9.40. The van der Waals surface area contributed by atoms with Gasteiger partial charge in [-0.25, -0.2) is 4.99 Å². The van der Waals surface area contributed by atoms with Crippen molar-refractivity contribution in [2.24, 2.45) is 22.6 Å². The van der Waals surface area contributed by atoms with Crippen LogP contribution < -0.4 is 5.73 Å². The number of aliphatic hydroxyl groups is 1. The molecular formula is C13H22N2O5. The van der Waals surface area contributed by atoms with E-state index in [2.05, 4.69) is 4.99 Å². The predicted octanol–water partition coefficient (Wildman–Crippen LogP) is -0.191. The highest BCUT2D eigenvalue weighted by Gasteiger charge is 2.32. The van der Waals surface area contributed by atoms with Crippen LogP contribution in [-0.4, -0.2) is 53.2 Å². The molecule has 0 aromatic carbocycles. The molecule has 0 aromatic rings. The number of nitrogens with zero attached hydrogens (tertiary/aromatic N) is 1. The fourth-order valence-electron chi connectivity index (χ4n) is 1.85. The van der Waals surface area contributed by atoms with Gasteiger partial charge in [-0.2, -0.15) is 0 Å². The van der Waals surface area contributed by atoms with E-state index in [1.165, 1.54) is 0 Å². The van der Waals surface area contributed by atoms with E-state index in [1.54, 1.807) is 0 Å². The highest BCUT2D eigenvalue weighted by molar-refractivity contribution is 5.93. The zero-order valence-electron chi connectivity index (χ0n) is 11.8. The van der Waals surface area contributed by atoms with E-state index in [4.69, 9.17) is 20.7 Å². The molecule has 0 aliphatic carbocycles. The lowest BCUT2D eigenvalue weighted by Gasteiger charge is -2.16. The zero-order chi connectivity index (χ0) is 15.3. The van der Waals surface area contributed by atoms with E-state index in [9.17, 15) is 9.59 Å². The molecule has 0 fully saturated rings. The largest absolute Gasteiger partial charge is 0.481 e. The van der Waals surface area contributed by atoms with Gasteiger partial charge in [0.2, 0.25) is 5.90 Å². The fraction of sp³-hybridized carbons (Fsp3) is 0.769. The van der Waals surface area contributed by atoms with E-state index < -0.39 is 24.5 Å². The van der Waals surface area contributed by atoms with Crippen molar-refractivity contribution >= 4 is 17.7 Å². The molecule has 7 nitrogen and oxygen atoms in total. The quantitative estimate of drug-likeness (QED) is 0.568. The number of aliphatic hydroxyl groups excluding tert-OH is 1. The number of hydrogen-bond acceptors (Lipinski definition) is 6. The molecule has 1 aliphatic rings. The summed E-state index contributed by atoms with van der Waals surface area (Å²) in [5.41, 5.74) is 5.97. The molecule has 114 valence electrons. The van der Waals surface area contributed by atoms with Gasteiger partial charge >= 0.3 is 5.97 Å². The molecule has 7 heteroatoms. The number of carboxylic acid groups (broad SMARTS) is 1. The number of aliphatic imine (C=N–C) groups is 1. The zero-order valence-corrected chi connectivity index (χ0v) is 11.8. The SMILES string of the molecule is CCC(C)C(N)C1=NC(C(=O)CC(CO)C(=O)O)CO1. The average Bonchev–Trinajstić information content (AvgIpc) is 2.92. The summed E-state index contributed by atoms with van der Waals surface area (Å²) >= 11 is 0. The number of carbonyl (C=O) groups excluding carboxylic acids is 1. The van der Waals surface area contributed by atoms with E-state index in [1.807, 2.05) is 13.8 Å². The van der Waals surface area contributed by atoms with Crippen molar-refractivity contribution in [2.75, 3.05) is 13.2 Å². The Bertz CT molecular complexity index is 396.